The minimum Gasteiger partial charge on any atom is -0.478 e. The predicted octanol–water partition coefficient (Wildman–Crippen LogP) is 2.18. The Balaban J connectivity index is 2.51. The Bertz CT molecular complexity index is 311. The Morgan fingerprint density at radius 1 is 1.33 bits per heavy atom. The molecule has 0 aromatic carbocycles. The molecular formula is C11H19N3O. The molecule has 2 N–H and O–H groups in total. The Morgan fingerprint density at radius 2 is 2.00 bits per heavy atom. The van der Waals surface area contributed by atoms with Crippen molar-refractivity contribution in [3.05, 3.63) is 11.9 Å². The van der Waals surface area contributed by atoms with Gasteiger partial charge in [-0.3, -0.25) is 0 Å². The third-order valence-electron chi connectivity index (χ3n) is 1.94. The largest absolute Gasteiger partial charge is 0.478 e. The molecule has 0 aliphatic heterocycles. The van der Waals surface area contributed by atoms with Gasteiger partial charge in [0.1, 0.15) is 11.6 Å². The average Bonchev–Trinajstić information content (AvgIpc) is 1.99. The SMILES string of the molecule is Cc1nc(N)cc(OCCC(C)(C)C)n1. The van der Waals surface area contributed by atoms with E-state index >= 15 is 0 Å². The van der Waals surface area contributed by atoms with Crippen LogP contribution in [0.5, 0.6) is 5.88 Å². The standard InChI is InChI=1S/C11H19N3O/c1-8-13-9(12)7-10(14-8)15-6-5-11(2,3)4/h7H,5-6H2,1-4H3,(H2,12,13,14). The van der Waals surface area contributed by atoms with Crippen LogP contribution in [0, 0.1) is 12.3 Å². The first kappa shape index (κ1) is 11.8. The molecule has 0 bridgehead atoms. The van der Waals surface area contributed by atoms with Crippen LogP contribution in [0.2, 0.25) is 0 Å². The summed E-state index contributed by atoms with van der Waals surface area (Å²) in [5.74, 6) is 1.65. The maximum Gasteiger partial charge on any atom is 0.218 e. The molecule has 0 saturated carbocycles. The third kappa shape index (κ3) is 4.63. The smallest absolute Gasteiger partial charge is 0.218 e. The number of rotatable bonds is 3. The molecule has 0 amide bonds. The van der Waals surface area contributed by atoms with E-state index in [1.165, 1.54) is 0 Å². The number of hydrogen-bond acceptors (Lipinski definition) is 4. The first-order chi connectivity index (χ1) is 6.87. The molecule has 0 fully saturated rings. The zero-order chi connectivity index (χ0) is 11.5. The summed E-state index contributed by atoms with van der Waals surface area (Å²) < 4.78 is 5.51. The molecule has 15 heavy (non-hydrogen) atoms. The van der Waals surface area contributed by atoms with Crippen LogP contribution in [0.4, 0.5) is 5.82 Å². The van der Waals surface area contributed by atoms with Gasteiger partial charge in [-0.2, -0.15) is 4.98 Å². The fourth-order valence-electron chi connectivity index (χ4n) is 1.10. The maximum absolute atomic E-state index is 5.59. The van der Waals surface area contributed by atoms with Crippen LogP contribution in [0.25, 0.3) is 0 Å². The van der Waals surface area contributed by atoms with Crippen molar-refractivity contribution in [3.8, 4) is 5.88 Å². The van der Waals surface area contributed by atoms with Crippen LogP contribution in [-0.4, -0.2) is 16.6 Å². The van der Waals surface area contributed by atoms with Gasteiger partial charge in [0.05, 0.1) is 6.61 Å². The Kier molecular flexibility index (Phi) is 3.50. The van der Waals surface area contributed by atoms with Crippen LogP contribution in [0.1, 0.15) is 33.0 Å². The predicted molar refractivity (Wildman–Crippen MR) is 60.7 cm³/mol. The van der Waals surface area contributed by atoms with Gasteiger partial charge in [-0.05, 0) is 18.8 Å². The van der Waals surface area contributed by atoms with Gasteiger partial charge in [0, 0.05) is 6.07 Å². The van der Waals surface area contributed by atoms with Crippen molar-refractivity contribution in [2.24, 2.45) is 5.41 Å². The van der Waals surface area contributed by atoms with Gasteiger partial charge in [-0.15, -0.1) is 0 Å². The summed E-state index contributed by atoms with van der Waals surface area (Å²) in [5, 5.41) is 0. The zero-order valence-corrected chi connectivity index (χ0v) is 9.87. The lowest BCUT2D eigenvalue weighted by molar-refractivity contribution is 0.236. The zero-order valence-electron chi connectivity index (χ0n) is 9.87. The van der Waals surface area contributed by atoms with E-state index in [0.717, 1.165) is 6.42 Å². The van der Waals surface area contributed by atoms with Gasteiger partial charge < -0.3 is 10.5 Å². The normalized spacial score (nSPS) is 11.5. The molecule has 4 heteroatoms. The quantitative estimate of drug-likeness (QED) is 0.828. The van der Waals surface area contributed by atoms with Crippen LogP contribution in [-0.2, 0) is 0 Å². The topological polar surface area (TPSA) is 61.0 Å². The number of nitrogens with zero attached hydrogens (tertiary/aromatic N) is 2. The minimum absolute atomic E-state index is 0.271. The lowest BCUT2D eigenvalue weighted by Gasteiger charge is -2.17. The maximum atomic E-state index is 5.59. The van der Waals surface area contributed by atoms with Gasteiger partial charge in [0.25, 0.3) is 0 Å². The van der Waals surface area contributed by atoms with Gasteiger partial charge in [-0.25, -0.2) is 4.98 Å². The average molecular weight is 209 g/mol. The van der Waals surface area contributed by atoms with E-state index in [4.69, 9.17) is 10.5 Å². The first-order valence-electron chi connectivity index (χ1n) is 5.11. The summed E-state index contributed by atoms with van der Waals surface area (Å²) >= 11 is 0. The van der Waals surface area contributed by atoms with Gasteiger partial charge in [0.2, 0.25) is 5.88 Å². The molecule has 0 aliphatic carbocycles. The Hall–Kier alpha value is -1.32. The number of aromatic nitrogens is 2. The monoisotopic (exact) mass is 209 g/mol. The molecule has 1 aromatic heterocycles. The van der Waals surface area contributed by atoms with E-state index in [0.29, 0.717) is 24.1 Å². The van der Waals surface area contributed by atoms with Gasteiger partial charge in [-0.1, -0.05) is 20.8 Å². The van der Waals surface area contributed by atoms with Crippen molar-refractivity contribution < 1.29 is 4.74 Å². The molecule has 0 aliphatic rings. The lowest BCUT2D eigenvalue weighted by Crippen LogP contribution is -2.12. The van der Waals surface area contributed by atoms with Crippen molar-refractivity contribution >= 4 is 5.82 Å². The number of anilines is 1. The van der Waals surface area contributed by atoms with Gasteiger partial charge >= 0.3 is 0 Å². The molecule has 0 spiro atoms. The molecule has 1 heterocycles. The van der Waals surface area contributed by atoms with E-state index in [1.54, 1.807) is 13.0 Å². The third-order valence-corrected chi connectivity index (χ3v) is 1.94. The van der Waals surface area contributed by atoms with Crippen molar-refractivity contribution in [1.29, 1.82) is 0 Å². The molecule has 0 unspecified atom stereocenters. The number of nitrogens with two attached hydrogens (primary N) is 1. The fourth-order valence-corrected chi connectivity index (χ4v) is 1.10. The summed E-state index contributed by atoms with van der Waals surface area (Å²) in [6, 6.07) is 1.65. The van der Waals surface area contributed by atoms with Crippen LogP contribution < -0.4 is 10.5 Å². The number of aryl methyl sites for hydroxylation is 1. The second kappa shape index (κ2) is 4.47. The highest BCUT2D eigenvalue weighted by molar-refractivity contribution is 5.32. The van der Waals surface area contributed by atoms with Crippen LogP contribution in [0.3, 0.4) is 0 Å². The molecule has 0 atom stereocenters. The summed E-state index contributed by atoms with van der Waals surface area (Å²) in [7, 11) is 0. The first-order valence-corrected chi connectivity index (χ1v) is 5.11. The summed E-state index contributed by atoms with van der Waals surface area (Å²) in [6.07, 6.45) is 0.982. The Labute approximate surface area is 90.9 Å². The summed E-state index contributed by atoms with van der Waals surface area (Å²) in [4.78, 5) is 8.12. The highest BCUT2D eigenvalue weighted by Crippen LogP contribution is 2.19. The van der Waals surface area contributed by atoms with E-state index in [2.05, 4.69) is 30.7 Å². The second-order valence-electron chi connectivity index (χ2n) is 4.84. The Morgan fingerprint density at radius 3 is 2.53 bits per heavy atom. The highest BCUT2D eigenvalue weighted by Gasteiger charge is 2.10. The molecule has 4 nitrogen and oxygen atoms in total. The highest BCUT2D eigenvalue weighted by atomic mass is 16.5. The lowest BCUT2D eigenvalue weighted by atomic mass is 9.93. The number of hydrogen-bond donors (Lipinski definition) is 1. The van der Waals surface area contributed by atoms with Crippen LogP contribution in [0.15, 0.2) is 6.07 Å². The minimum atomic E-state index is 0.271. The van der Waals surface area contributed by atoms with E-state index in [1.807, 2.05) is 0 Å². The van der Waals surface area contributed by atoms with E-state index < -0.39 is 0 Å². The summed E-state index contributed by atoms with van der Waals surface area (Å²) in [6.45, 7) is 8.98. The number of nitrogen functional groups attached to an aromatic ring is 1. The number of ether oxygens (including phenoxy) is 1. The molecule has 1 rings (SSSR count). The van der Waals surface area contributed by atoms with Crippen molar-refractivity contribution in [3.63, 3.8) is 0 Å². The van der Waals surface area contributed by atoms with Crippen molar-refractivity contribution in [2.45, 2.75) is 34.1 Å². The van der Waals surface area contributed by atoms with Gasteiger partial charge in [0.15, 0.2) is 0 Å². The van der Waals surface area contributed by atoms with E-state index in [-0.39, 0.29) is 5.41 Å². The van der Waals surface area contributed by atoms with Crippen molar-refractivity contribution in [2.75, 3.05) is 12.3 Å². The molecular weight excluding hydrogens is 190 g/mol. The van der Waals surface area contributed by atoms with Crippen molar-refractivity contribution in [1.82, 2.24) is 9.97 Å². The molecule has 0 radical (unpaired) electrons. The summed E-state index contributed by atoms with van der Waals surface area (Å²) in [5.41, 5.74) is 5.86. The molecule has 84 valence electrons. The van der Waals surface area contributed by atoms with E-state index in [9.17, 15) is 0 Å². The molecule has 1 aromatic rings. The second-order valence-corrected chi connectivity index (χ2v) is 4.84. The van der Waals surface area contributed by atoms with Crippen LogP contribution >= 0.6 is 0 Å². The fraction of sp³-hybridized carbons (Fsp3) is 0.636. The molecule has 0 saturated heterocycles.